The summed E-state index contributed by atoms with van der Waals surface area (Å²) in [5, 5.41) is 4.00. The van der Waals surface area contributed by atoms with Gasteiger partial charge in [-0.25, -0.2) is 13.1 Å². The van der Waals surface area contributed by atoms with Crippen LogP contribution in [0, 0.1) is 6.92 Å². The predicted octanol–water partition coefficient (Wildman–Crippen LogP) is 3.07. The molecule has 0 aliphatic carbocycles. The second-order valence-electron chi connectivity index (χ2n) is 6.93. The highest BCUT2D eigenvalue weighted by atomic mass is 32.2. The Balaban J connectivity index is 2.21. The van der Waals surface area contributed by atoms with Crippen LogP contribution >= 0.6 is 0 Å². The van der Waals surface area contributed by atoms with Crippen LogP contribution in [-0.2, 0) is 22.5 Å². The summed E-state index contributed by atoms with van der Waals surface area (Å²) in [5.74, 6) is 0. The topological polar surface area (TPSA) is 64.0 Å². The lowest BCUT2D eigenvalue weighted by molar-refractivity contribution is 0.565. The fraction of sp³-hybridized carbons (Fsp3) is 0.471. The summed E-state index contributed by atoms with van der Waals surface area (Å²) in [6.45, 7) is 10.0. The minimum absolute atomic E-state index is 0.0775. The predicted molar refractivity (Wildman–Crippen MR) is 91.8 cm³/mol. The summed E-state index contributed by atoms with van der Waals surface area (Å²) in [5.41, 5.74) is 2.85. The third-order valence-electron chi connectivity index (χ3n) is 4.09. The van der Waals surface area contributed by atoms with Gasteiger partial charge in [0, 0.05) is 13.1 Å². The van der Waals surface area contributed by atoms with Gasteiger partial charge in [-0.15, -0.1) is 0 Å². The Labute approximate surface area is 138 Å². The van der Waals surface area contributed by atoms with Gasteiger partial charge in [0.1, 0.15) is 4.90 Å². The summed E-state index contributed by atoms with van der Waals surface area (Å²) in [6.07, 6.45) is 1.38. The molecule has 0 aliphatic heterocycles. The molecule has 0 fully saturated rings. The number of hydrogen-bond donors (Lipinski definition) is 1. The number of benzene rings is 1. The lowest BCUT2D eigenvalue weighted by Crippen LogP contribution is -2.27. The van der Waals surface area contributed by atoms with E-state index in [-0.39, 0.29) is 16.4 Å². The number of nitrogens with one attached hydrogen (secondary N) is 1. The normalized spacial score (nSPS) is 14.0. The first kappa shape index (κ1) is 17.7. The van der Waals surface area contributed by atoms with Gasteiger partial charge in [-0.1, -0.05) is 45.0 Å². The van der Waals surface area contributed by atoms with Crippen molar-refractivity contribution < 1.29 is 8.42 Å². The molecule has 0 amide bonds. The molecule has 1 atom stereocenters. The van der Waals surface area contributed by atoms with Crippen molar-refractivity contribution in [3.8, 4) is 0 Å². The van der Waals surface area contributed by atoms with Crippen molar-refractivity contribution >= 4 is 10.0 Å². The van der Waals surface area contributed by atoms with Crippen LogP contribution in [0.5, 0.6) is 0 Å². The first-order chi connectivity index (χ1) is 10.5. The molecule has 23 heavy (non-hydrogen) atoms. The average molecular weight is 335 g/mol. The highest BCUT2D eigenvalue weighted by Gasteiger charge is 2.23. The van der Waals surface area contributed by atoms with Crippen LogP contribution < -0.4 is 4.72 Å². The molecule has 1 aromatic heterocycles. The van der Waals surface area contributed by atoms with Crippen LogP contribution in [0.4, 0.5) is 0 Å². The number of hydrogen-bond acceptors (Lipinski definition) is 3. The van der Waals surface area contributed by atoms with Crippen molar-refractivity contribution in [1.82, 2.24) is 14.5 Å². The Bertz CT molecular complexity index is 784. The van der Waals surface area contributed by atoms with Crippen LogP contribution in [0.15, 0.2) is 35.4 Å². The van der Waals surface area contributed by atoms with Gasteiger partial charge in [-0.2, -0.15) is 5.10 Å². The number of sulfonamides is 1. The molecule has 1 heterocycles. The average Bonchev–Trinajstić information content (AvgIpc) is 2.78. The molecule has 0 bridgehead atoms. The van der Waals surface area contributed by atoms with Crippen molar-refractivity contribution in [2.24, 2.45) is 7.05 Å². The maximum atomic E-state index is 12.5. The fourth-order valence-electron chi connectivity index (χ4n) is 2.38. The summed E-state index contributed by atoms with van der Waals surface area (Å²) in [4.78, 5) is 0.221. The standard InChI is InChI=1S/C17H25N3O2S/c1-12(14-7-9-15(10-8-14)17(3,4)5)19-23(21,22)16-11-18-20(6)13(16)2/h7-12,19H,1-6H3. The Morgan fingerprint density at radius 3 is 2.17 bits per heavy atom. The first-order valence-electron chi connectivity index (χ1n) is 7.64. The summed E-state index contributed by atoms with van der Waals surface area (Å²) < 4.78 is 29.3. The minimum Gasteiger partial charge on any atom is -0.272 e. The zero-order valence-corrected chi connectivity index (χ0v) is 15.4. The third-order valence-corrected chi connectivity index (χ3v) is 5.73. The van der Waals surface area contributed by atoms with Crippen LogP contribution in [0.2, 0.25) is 0 Å². The molecule has 126 valence electrons. The Morgan fingerprint density at radius 2 is 1.74 bits per heavy atom. The first-order valence-corrected chi connectivity index (χ1v) is 9.12. The lowest BCUT2D eigenvalue weighted by atomic mass is 9.86. The Kier molecular flexibility index (Phi) is 4.69. The van der Waals surface area contributed by atoms with Gasteiger partial charge in [-0.05, 0) is 30.4 Å². The van der Waals surface area contributed by atoms with E-state index in [0.717, 1.165) is 5.56 Å². The summed E-state index contributed by atoms with van der Waals surface area (Å²) >= 11 is 0. The van der Waals surface area contributed by atoms with E-state index in [0.29, 0.717) is 5.69 Å². The van der Waals surface area contributed by atoms with E-state index in [1.54, 1.807) is 18.7 Å². The van der Waals surface area contributed by atoms with Crippen LogP contribution in [0.1, 0.15) is 50.6 Å². The van der Waals surface area contributed by atoms with Crippen LogP contribution in [0.25, 0.3) is 0 Å². The molecule has 2 aromatic rings. The highest BCUT2D eigenvalue weighted by Crippen LogP contribution is 2.25. The van der Waals surface area contributed by atoms with Gasteiger partial charge in [-0.3, -0.25) is 4.68 Å². The third kappa shape index (κ3) is 3.82. The molecule has 1 unspecified atom stereocenters. The molecule has 0 radical (unpaired) electrons. The van der Waals surface area contributed by atoms with E-state index >= 15 is 0 Å². The van der Waals surface area contributed by atoms with Gasteiger partial charge in [0.2, 0.25) is 10.0 Å². The number of aromatic nitrogens is 2. The van der Waals surface area contributed by atoms with E-state index in [1.165, 1.54) is 11.8 Å². The molecular weight excluding hydrogens is 310 g/mol. The van der Waals surface area contributed by atoms with Gasteiger partial charge in [0.15, 0.2) is 0 Å². The molecule has 0 spiro atoms. The smallest absolute Gasteiger partial charge is 0.244 e. The van der Waals surface area contributed by atoms with Crippen molar-refractivity contribution in [1.29, 1.82) is 0 Å². The number of aryl methyl sites for hydroxylation is 1. The van der Waals surface area contributed by atoms with E-state index in [4.69, 9.17) is 0 Å². The molecule has 6 heteroatoms. The second-order valence-corrected chi connectivity index (χ2v) is 8.62. The van der Waals surface area contributed by atoms with Crippen LogP contribution in [-0.4, -0.2) is 18.2 Å². The van der Waals surface area contributed by atoms with Crippen molar-refractivity contribution in [2.75, 3.05) is 0 Å². The SMILES string of the molecule is Cc1c(S(=O)(=O)NC(C)c2ccc(C(C)(C)C)cc2)cnn1C. The Morgan fingerprint density at radius 1 is 1.17 bits per heavy atom. The second kappa shape index (κ2) is 6.09. The van der Waals surface area contributed by atoms with E-state index in [1.807, 2.05) is 19.1 Å². The van der Waals surface area contributed by atoms with Crippen molar-refractivity contribution in [3.63, 3.8) is 0 Å². The van der Waals surface area contributed by atoms with E-state index < -0.39 is 10.0 Å². The summed E-state index contributed by atoms with van der Waals surface area (Å²) in [6, 6.07) is 7.74. The minimum atomic E-state index is -3.59. The quantitative estimate of drug-likeness (QED) is 0.934. The lowest BCUT2D eigenvalue weighted by Gasteiger charge is -2.20. The molecule has 1 N–H and O–H groups in total. The molecule has 0 saturated carbocycles. The van der Waals surface area contributed by atoms with E-state index in [9.17, 15) is 8.42 Å². The largest absolute Gasteiger partial charge is 0.272 e. The maximum Gasteiger partial charge on any atom is 0.244 e. The van der Waals surface area contributed by atoms with Gasteiger partial charge < -0.3 is 0 Å². The molecule has 1 aromatic carbocycles. The molecule has 0 aliphatic rings. The van der Waals surface area contributed by atoms with Gasteiger partial charge in [0.05, 0.1) is 11.9 Å². The number of nitrogens with zero attached hydrogens (tertiary/aromatic N) is 2. The van der Waals surface area contributed by atoms with Crippen LogP contribution in [0.3, 0.4) is 0 Å². The molecule has 2 rings (SSSR count). The van der Waals surface area contributed by atoms with Crippen molar-refractivity contribution in [3.05, 3.63) is 47.3 Å². The molecule has 0 saturated heterocycles. The molecular formula is C17H25N3O2S. The fourth-order valence-corrected chi connectivity index (χ4v) is 3.81. The molecule has 5 nitrogen and oxygen atoms in total. The maximum absolute atomic E-state index is 12.5. The summed E-state index contributed by atoms with van der Waals surface area (Å²) in [7, 11) is -1.86. The highest BCUT2D eigenvalue weighted by molar-refractivity contribution is 7.89. The Hall–Kier alpha value is -1.66. The monoisotopic (exact) mass is 335 g/mol. The van der Waals surface area contributed by atoms with Gasteiger partial charge in [0.25, 0.3) is 0 Å². The zero-order valence-electron chi connectivity index (χ0n) is 14.6. The zero-order chi connectivity index (χ0) is 17.4. The van der Waals surface area contributed by atoms with Crippen molar-refractivity contribution in [2.45, 2.75) is 51.0 Å². The number of rotatable bonds is 4. The van der Waals surface area contributed by atoms with E-state index in [2.05, 4.69) is 42.7 Å². The van der Waals surface area contributed by atoms with Gasteiger partial charge >= 0.3 is 0 Å².